The number of aromatic nitrogens is 3. The van der Waals surface area contributed by atoms with Gasteiger partial charge in [0.2, 0.25) is 17.8 Å². The maximum absolute atomic E-state index is 13.3. The second-order valence-electron chi connectivity index (χ2n) is 8.30. The minimum Gasteiger partial charge on any atom is -0.382 e. The molecule has 1 aliphatic heterocycles. The number of aryl methyl sites for hydroxylation is 1. The zero-order chi connectivity index (χ0) is 24.6. The molecule has 0 amide bonds. The summed E-state index contributed by atoms with van der Waals surface area (Å²) in [5, 5.41) is 7.29. The molecule has 0 aliphatic carbocycles. The lowest BCUT2D eigenvalue weighted by atomic mass is 10.2. The van der Waals surface area contributed by atoms with E-state index >= 15 is 0 Å². The molecular formula is C25H31ClFN7O. The van der Waals surface area contributed by atoms with E-state index in [2.05, 4.69) is 30.4 Å². The van der Waals surface area contributed by atoms with Crippen LogP contribution in [0.4, 0.5) is 33.6 Å². The van der Waals surface area contributed by atoms with Gasteiger partial charge in [0.15, 0.2) is 0 Å². The molecule has 1 fully saturated rings. The number of nitrogens with zero attached hydrogens (tertiary/aromatic N) is 5. The fraction of sp³-hybridized carbons (Fsp3) is 0.400. The number of halogens is 2. The molecule has 4 rings (SSSR count). The van der Waals surface area contributed by atoms with Crippen molar-refractivity contribution in [2.45, 2.75) is 20.3 Å². The Balaban J connectivity index is 1.48. The van der Waals surface area contributed by atoms with Gasteiger partial charge in [-0.1, -0.05) is 11.6 Å². The van der Waals surface area contributed by atoms with Crippen molar-refractivity contribution in [3.05, 3.63) is 58.9 Å². The lowest BCUT2D eigenvalue weighted by Gasteiger charge is -2.36. The van der Waals surface area contributed by atoms with Gasteiger partial charge in [0.1, 0.15) is 5.82 Å². The van der Waals surface area contributed by atoms with E-state index in [1.54, 1.807) is 0 Å². The Kier molecular flexibility index (Phi) is 8.54. The summed E-state index contributed by atoms with van der Waals surface area (Å²) in [6.45, 7) is 9.07. The van der Waals surface area contributed by atoms with Gasteiger partial charge in [-0.3, -0.25) is 0 Å². The molecule has 35 heavy (non-hydrogen) atoms. The van der Waals surface area contributed by atoms with Crippen LogP contribution in [0.5, 0.6) is 0 Å². The van der Waals surface area contributed by atoms with Crippen LogP contribution < -0.4 is 20.4 Å². The lowest BCUT2D eigenvalue weighted by molar-refractivity contribution is 0.147. The molecule has 0 radical (unpaired) electrons. The van der Waals surface area contributed by atoms with E-state index in [1.165, 1.54) is 12.1 Å². The first-order valence-corrected chi connectivity index (χ1v) is 12.3. The summed E-state index contributed by atoms with van der Waals surface area (Å²) in [4.78, 5) is 18.3. The van der Waals surface area contributed by atoms with Gasteiger partial charge < -0.3 is 25.2 Å². The summed E-state index contributed by atoms with van der Waals surface area (Å²) in [5.41, 5.74) is 2.84. The molecular weight excluding hydrogens is 469 g/mol. The van der Waals surface area contributed by atoms with Crippen molar-refractivity contribution in [1.29, 1.82) is 0 Å². The first-order chi connectivity index (χ1) is 17.0. The second-order valence-corrected chi connectivity index (χ2v) is 8.71. The number of anilines is 5. The molecule has 10 heteroatoms. The van der Waals surface area contributed by atoms with Crippen LogP contribution >= 0.6 is 11.6 Å². The van der Waals surface area contributed by atoms with Crippen LogP contribution in [0.2, 0.25) is 5.02 Å². The highest BCUT2D eigenvalue weighted by atomic mass is 35.5. The summed E-state index contributed by atoms with van der Waals surface area (Å²) in [6, 6.07) is 12.3. The molecule has 0 bridgehead atoms. The van der Waals surface area contributed by atoms with Crippen LogP contribution in [0.25, 0.3) is 0 Å². The highest BCUT2D eigenvalue weighted by molar-refractivity contribution is 6.31. The third-order valence-corrected chi connectivity index (χ3v) is 6.17. The van der Waals surface area contributed by atoms with E-state index in [4.69, 9.17) is 21.3 Å². The Labute approximate surface area is 210 Å². The molecule has 2 aromatic carbocycles. The Hall–Kier alpha value is -3.17. The van der Waals surface area contributed by atoms with E-state index in [0.29, 0.717) is 42.6 Å². The van der Waals surface area contributed by atoms with Crippen LogP contribution in [-0.4, -0.2) is 60.9 Å². The van der Waals surface area contributed by atoms with Gasteiger partial charge in [-0.25, -0.2) is 4.39 Å². The third-order valence-electron chi connectivity index (χ3n) is 5.74. The zero-order valence-corrected chi connectivity index (χ0v) is 20.9. The molecule has 8 nitrogen and oxygen atoms in total. The normalized spacial score (nSPS) is 13.7. The molecule has 2 heterocycles. The van der Waals surface area contributed by atoms with Gasteiger partial charge in [0.25, 0.3) is 0 Å². The molecule has 0 spiro atoms. The summed E-state index contributed by atoms with van der Waals surface area (Å²) < 4.78 is 18.7. The summed E-state index contributed by atoms with van der Waals surface area (Å²) in [7, 11) is 0. The first-order valence-electron chi connectivity index (χ1n) is 11.9. The molecule has 0 saturated carbocycles. The molecule has 0 unspecified atom stereocenters. The van der Waals surface area contributed by atoms with Crippen molar-refractivity contribution in [3.63, 3.8) is 0 Å². The molecule has 1 saturated heterocycles. The smallest absolute Gasteiger partial charge is 0.233 e. The predicted octanol–water partition coefficient (Wildman–Crippen LogP) is 4.88. The molecule has 0 atom stereocenters. The highest BCUT2D eigenvalue weighted by Crippen LogP contribution is 2.24. The van der Waals surface area contributed by atoms with Gasteiger partial charge in [-0.05, 0) is 68.3 Å². The summed E-state index contributed by atoms with van der Waals surface area (Å²) >= 11 is 6.17. The van der Waals surface area contributed by atoms with E-state index in [-0.39, 0.29) is 5.82 Å². The average molecular weight is 500 g/mol. The average Bonchev–Trinajstić information content (AvgIpc) is 2.87. The van der Waals surface area contributed by atoms with Crippen molar-refractivity contribution in [2.75, 3.05) is 66.4 Å². The monoisotopic (exact) mass is 499 g/mol. The molecule has 1 aliphatic rings. The fourth-order valence-corrected chi connectivity index (χ4v) is 3.95. The zero-order valence-electron chi connectivity index (χ0n) is 20.1. The van der Waals surface area contributed by atoms with Gasteiger partial charge in [0, 0.05) is 62.3 Å². The number of piperazine rings is 1. The summed E-state index contributed by atoms with van der Waals surface area (Å²) in [5.74, 6) is 1.36. The quantitative estimate of drug-likeness (QED) is 0.382. The number of rotatable bonds is 10. The lowest BCUT2D eigenvalue weighted by Crippen LogP contribution is -2.47. The molecule has 2 N–H and O–H groups in total. The number of benzene rings is 2. The van der Waals surface area contributed by atoms with Crippen LogP contribution in [0.3, 0.4) is 0 Å². The largest absolute Gasteiger partial charge is 0.382 e. The van der Waals surface area contributed by atoms with Crippen molar-refractivity contribution in [2.24, 2.45) is 0 Å². The maximum atomic E-state index is 13.3. The van der Waals surface area contributed by atoms with Crippen molar-refractivity contribution < 1.29 is 9.13 Å². The van der Waals surface area contributed by atoms with Crippen molar-refractivity contribution in [1.82, 2.24) is 15.0 Å². The van der Waals surface area contributed by atoms with E-state index in [0.717, 1.165) is 49.5 Å². The van der Waals surface area contributed by atoms with E-state index in [9.17, 15) is 4.39 Å². The third kappa shape index (κ3) is 6.93. The standard InChI is InChI=1S/C25H31ClFN7O/c1-3-35-16-4-11-28-23-30-24(29-20-7-10-22(26)18(2)17-20)32-25(31-23)34-14-12-33(13-15-34)21-8-5-19(27)6-9-21/h5-10,17H,3-4,11-16H2,1-2H3,(H2,28,29,30,31,32). The highest BCUT2D eigenvalue weighted by Gasteiger charge is 2.21. The molecule has 186 valence electrons. The minimum atomic E-state index is -0.227. The van der Waals surface area contributed by atoms with Gasteiger partial charge in [-0.15, -0.1) is 0 Å². The number of ether oxygens (including phenoxy) is 1. The second kappa shape index (κ2) is 12.0. The van der Waals surface area contributed by atoms with Gasteiger partial charge in [-0.2, -0.15) is 15.0 Å². The Bertz CT molecular complexity index is 1110. The molecule has 3 aromatic rings. The van der Waals surface area contributed by atoms with Crippen molar-refractivity contribution in [3.8, 4) is 0 Å². The van der Waals surface area contributed by atoms with Crippen LogP contribution in [0.1, 0.15) is 18.9 Å². The van der Waals surface area contributed by atoms with Crippen molar-refractivity contribution >= 4 is 40.8 Å². The Morgan fingerprint density at radius 3 is 2.40 bits per heavy atom. The SMILES string of the molecule is CCOCCCNc1nc(Nc2ccc(Cl)c(C)c2)nc(N2CCN(c3ccc(F)cc3)CC2)n1. The first kappa shape index (κ1) is 24.9. The van der Waals surface area contributed by atoms with Gasteiger partial charge in [0.05, 0.1) is 0 Å². The number of nitrogens with one attached hydrogen (secondary N) is 2. The van der Waals surface area contributed by atoms with Crippen LogP contribution in [0, 0.1) is 12.7 Å². The number of hydrogen-bond acceptors (Lipinski definition) is 8. The number of hydrogen-bond donors (Lipinski definition) is 2. The Morgan fingerprint density at radius 1 is 0.971 bits per heavy atom. The van der Waals surface area contributed by atoms with Crippen LogP contribution in [-0.2, 0) is 4.74 Å². The van der Waals surface area contributed by atoms with Crippen LogP contribution in [0.15, 0.2) is 42.5 Å². The fourth-order valence-electron chi connectivity index (χ4n) is 3.83. The molecule has 1 aromatic heterocycles. The Morgan fingerprint density at radius 2 is 1.69 bits per heavy atom. The topological polar surface area (TPSA) is 78.4 Å². The summed E-state index contributed by atoms with van der Waals surface area (Å²) in [6.07, 6.45) is 0.852. The van der Waals surface area contributed by atoms with E-state index < -0.39 is 0 Å². The van der Waals surface area contributed by atoms with Gasteiger partial charge >= 0.3 is 0 Å². The maximum Gasteiger partial charge on any atom is 0.233 e. The van der Waals surface area contributed by atoms with E-state index in [1.807, 2.05) is 44.2 Å². The minimum absolute atomic E-state index is 0.227. The predicted molar refractivity (Wildman–Crippen MR) is 140 cm³/mol.